The molecule has 0 fully saturated rings. The number of hydrogen-bond acceptors (Lipinski definition) is 1. The van der Waals surface area contributed by atoms with E-state index in [1.165, 1.54) is 0 Å². The molecule has 0 aliphatic rings. The number of rotatable bonds is 2. The van der Waals surface area contributed by atoms with Gasteiger partial charge in [0.1, 0.15) is 11.6 Å². The van der Waals surface area contributed by atoms with Gasteiger partial charge in [0.05, 0.1) is 11.1 Å². The molecular formula is C11H7BrF2O2. The Kier molecular flexibility index (Phi) is 4.44. The van der Waals surface area contributed by atoms with E-state index in [0.29, 0.717) is 17.8 Å². The van der Waals surface area contributed by atoms with Crippen molar-refractivity contribution >= 4 is 21.9 Å². The van der Waals surface area contributed by atoms with Gasteiger partial charge in [0.15, 0.2) is 0 Å². The minimum absolute atomic E-state index is 0.136. The quantitative estimate of drug-likeness (QED) is 0.671. The zero-order valence-electron chi connectivity index (χ0n) is 8.06. The van der Waals surface area contributed by atoms with E-state index in [1.807, 2.05) is 0 Å². The van der Waals surface area contributed by atoms with Gasteiger partial charge >= 0.3 is 5.97 Å². The fraction of sp³-hybridized carbons (Fsp3) is 0.182. The van der Waals surface area contributed by atoms with Crippen LogP contribution in [0.15, 0.2) is 12.1 Å². The zero-order chi connectivity index (χ0) is 12.1. The summed E-state index contributed by atoms with van der Waals surface area (Å²) in [5.74, 6) is 1.73. The molecule has 84 valence electrons. The average Bonchev–Trinajstić information content (AvgIpc) is 2.22. The van der Waals surface area contributed by atoms with Crippen molar-refractivity contribution in [1.29, 1.82) is 0 Å². The van der Waals surface area contributed by atoms with E-state index in [4.69, 9.17) is 5.11 Å². The monoisotopic (exact) mass is 288 g/mol. The standard InChI is InChI=1S/C11H7BrF2O2/c12-4-2-1-3-7-5-10(14)8(11(15)16)6-9(7)13/h5-6H,2,4H2,(H,15,16). The molecule has 0 unspecified atom stereocenters. The molecule has 5 heteroatoms. The van der Waals surface area contributed by atoms with Crippen molar-refractivity contribution in [2.75, 3.05) is 5.33 Å². The maximum Gasteiger partial charge on any atom is 0.338 e. The highest BCUT2D eigenvalue weighted by Gasteiger charge is 2.13. The normalized spacial score (nSPS) is 9.44. The van der Waals surface area contributed by atoms with E-state index < -0.39 is 23.2 Å². The van der Waals surface area contributed by atoms with Gasteiger partial charge in [0.25, 0.3) is 0 Å². The molecule has 0 radical (unpaired) electrons. The molecule has 0 bridgehead atoms. The predicted molar refractivity (Wildman–Crippen MR) is 58.6 cm³/mol. The highest BCUT2D eigenvalue weighted by molar-refractivity contribution is 9.09. The first-order valence-corrected chi connectivity index (χ1v) is 5.45. The lowest BCUT2D eigenvalue weighted by Gasteiger charge is -1.99. The van der Waals surface area contributed by atoms with E-state index in [2.05, 4.69) is 27.8 Å². The third-order valence-electron chi connectivity index (χ3n) is 1.73. The van der Waals surface area contributed by atoms with E-state index >= 15 is 0 Å². The Bertz CT molecular complexity index is 475. The average molecular weight is 289 g/mol. The summed E-state index contributed by atoms with van der Waals surface area (Å²) in [4.78, 5) is 10.5. The van der Waals surface area contributed by atoms with Crippen molar-refractivity contribution in [2.24, 2.45) is 0 Å². The van der Waals surface area contributed by atoms with Crippen LogP contribution in [0.4, 0.5) is 8.78 Å². The molecule has 0 aliphatic carbocycles. The molecule has 0 amide bonds. The van der Waals surface area contributed by atoms with E-state index in [1.54, 1.807) is 0 Å². The van der Waals surface area contributed by atoms with Crippen LogP contribution in [-0.2, 0) is 0 Å². The van der Waals surface area contributed by atoms with Crippen molar-refractivity contribution in [3.05, 3.63) is 34.9 Å². The lowest BCUT2D eigenvalue weighted by molar-refractivity contribution is 0.0691. The van der Waals surface area contributed by atoms with Crippen LogP contribution in [0.2, 0.25) is 0 Å². The Morgan fingerprint density at radius 3 is 2.62 bits per heavy atom. The first-order chi connectivity index (χ1) is 7.56. The second-order valence-electron chi connectivity index (χ2n) is 2.86. The van der Waals surface area contributed by atoms with Gasteiger partial charge in [0, 0.05) is 11.8 Å². The van der Waals surface area contributed by atoms with Crippen LogP contribution < -0.4 is 0 Å². The predicted octanol–water partition coefficient (Wildman–Crippen LogP) is 2.80. The molecule has 0 aromatic heterocycles. The summed E-state index contributed by atoms with van der Waals surface area (Å²) in [5, 5.41) is 9.18. The number of aromatic carboxylic acids is 1. The highest BCUT2D eigenvalue weighted by atomic mass is 79.9. The number of carboxylic acid groups (broad SMARTS) is 1. The van der Waals surface area contributed by atoms with E-state index in [-0.39, 0.29) is 5.56 Å². The van der Waals surface area contributed by atoms with E-state index in [9.17, 15) is 13.6 Å². The number of benzene rings is 1. The number of carbonyl (C=O) groups is 1. The summed E-state index contributed by atoms with van der Waals surface area (Å²) in [6, 6.07) is 1.43. The molecule has 16 heavy (non-hydrogen) atoms. The zero-order valence-corrected chi connectivity index (χ0v) is 9.64. The molecule has 0 heterocycles. The second kappa shape index (κ2) is 5.61. The second-order valence-corrected chi connectivity index (χ2v) is 3.65. The van der Waals surface area contributed by atoms with Crippen molar-refractivity contribution in [2.45, 2.75) is 6.42 Å². The van der Waals surface area contributed by atoms with Gasteiger partial charge in [-0.2, -0.15) is 0 Å². The lowest BCUT2D eigenvalue weighted by atomic mass is 10.1. The Morgan fingerprint density at radius 1 is 1.38 bits per heavy atom. The largest absolute Gasteiger partial charge is 0.478 e. The molecule has 2 nitrogen and oxygen atoms in total. The Hall–Kier alpha value is -1.41. The summed E-state index contributed by atoms with van der Waals surface area (Å²) in [6.07, 6.45) is 0.502. The maximum absolute atomic E-state index is 13.3. The Labute approximate surface area is 99.4 Å². The minimum Gasteiger partial charge on any atom is -0.478 e. The fourth-order valence-electron chi connectivity index (χ4n) is 1.01. The van der Waals surface area contributed by atoms with Crippen molar-refractivity contribution in [3.63, 3.8) is 0 Å². The SMILES string of the molecule is O=C(O)c1cc(F)c(C#CCCBr)cc1F. The Morgan fingerprint density at radius 2 is 2.06 bits per heavy atom. The molecule has 1 aromatic carbocycles. The Balaban J connectivity index is 3.12. The molecule has 0 spiro atoms. The van der Waals surface area contributed by atoms with Crippen LogP contribution in [0, 0.1) is 23.5 Å². The molecule has 1 N–H and O–H groups in total. The third-order valence-corrected chi connectivity index (χ3v) is 2.13. The molecule has 0 saturated heterocycles. The first kappa shape index (κ1) is 12.7. The molecule has 0 atom stereocenters. The van der Waals surface area contributed by atoms with Crippen molar-refractivity contribution in [3.8, 4) is 11.8 Å². The van der Waals surface area contributed by atoms with Gasteiger partial charge in [-0.1, -0.05) is 27.8 Å². The number of carboxylic acids is 1. The summed E-state index contributed by atoms with van der Waals surface area (Å²) < 4.78 is 26.4. The van der Waals surface area contributed by atoms with Crippen LogP contribution in [0.5, 0.6) is 0 Å². The van der Waals surface area contributed by atoms with Crippen molar-refractivity contribution < 1.29 is 18.7 Å². The van der Waals surface area contributed by atoms with Gasteiger partial charge in [-0.25, -0.2) is 13.6 Å². The molecule has 0 saturated carbocycles. The van der Waals surface area contributed by atoms with Crippen LogP contribution in [0.3, 0.4) is 0 Å². The summed E-state index contributed by atoms with van der Waals surface area (Å²) >= 11 is 3.14. The fourth-order valence-corrected chi connectivity index (χ4v) is 1.21. The molecular weight excluding hydrogens is 282 g/mol. The molecule has 0 aliphatic heterocycles. The number of halogens is 3. The topological polar surface area (TPSA) is 37.3 Å². The maximum atomic E-state index is 13.3. The molecule has 1 rings (SSSR count). The van der Waals surface area contributed by atoms with Gasteiger partial charge < -0.3 is 5.11 Å². The van der Waals surface area contributed by atoms with Gasteiger partial charge in [-0.3, -0.25) is 0 Å². The number of hydrogen-bond donors (Lipinski definition) is 1. The van der Waals surface area contributed by atoms with Crippen LogP contribution in [0.25, 0.3) is 0 Å². The van der Waals surface area contributed by atoms with Crippen LogP contribution >= 0.6 is 15.9 Å². The van der Waals surface area contributed by atoms with Crippen molar-refractivity contribution in [1.82, 2.24) is 0 Å². The summed E-state index contributed by atoms with van der Waals surface area (Å²) in [7, 11) is 0. The molecule has 1 aromatic rings. The summed E-state index contributed by atoms with van der Waals surface area (Å²) in [6.45, 7) is 0. The lowest BCUT2D eigenvalue weighted by Crippen LogP contribution is -2.02. The number of alkyl halides is 1. The van der Waals surface area contributed by atoms with Crippen LogP contribution in [0.1, 0.15) is 22.3 Å². The van der Waals surface area contributed by atoms with E-state index in [0.717, 1.165) is 6.07 Å². The minimum atomic E-state index is -1.50. The van der Waals surface area contributed by atoms with Gasteiger partial charge in [-0.15, -0.1) is 0 Å². The van der Waals surface area contributed by atoms with Crippen LogP contribution in [-0.4, -0.2) is 16.4 Å². The van der Waals surface area contributed by atoms with Gasteiger partial charge in [0.2, 0.25) is 0 Å². The first-order valence-electron chi connectivity index (χ1n) is 4.33. The highest BCUT2D eigenvalue weighted by Crippen LogP contribution is 2.14. The summed E-state index contributed by atoms with van der Waals surface area (Å²) in [5.41, 5.74) is -0.827. The van der Waals surface area contributed by atoms with Gasteiger partial charge in [-0.05, 0) is 12.1 Å². The smallest absolute Gasteiger partial charge is 0.338 e. The third kappa shape index (κ3) is 3.04.